The van der Waals surface area contributed by atoms with Gasteiger partial charge in [-0.25, -0.2) is 9.59 Å². The van der Waals surface area contributed by atoms with Gasteiger partial charge >= 0.3 is 12.1 Å². The first-order valence-electron chi connectivity index (χ1n) is 13.7. The predicted octanol–water partition coefficient (Wildman–Crippen LogP) is 2.34. The Morgan fingerprint density at radius 1 is 0.833 bits per heavy atom. The normalized spacial score (nSPS) is 12.6. The Balaban J connectivity index is 1.88. The van der Waals surface area contributed by atoms with Crippen molar-refractivity contribution in [3.8, 4) is 0 Å². The van der Waals surface area contributed by atoms with Gasteiger partial charge in [-0.2, -0.15) is 11.8 Å². The highest BCUT2D eigenvalue weighted by molar-refractivity contribution is 7.98. The van der Waals surface area contributed by atoms with E-state index < -0.39 is 36.1 Å². The van der Waals surface area contributed by atoms with Gasteiger partial charge < -0.3 is 30.7 Å². The van der Waals surface area contributed by atoms with Crippen molar-refractivity contribution in [2.45, 2.75) is 56.8 Å². The lowest BCUT2D eigenvalue weighted by molar-refractivity contribution is -0.143. The Bertz CT molecular complexity index is 1120. The molecule has 2 rings (SSSR count). The van der Waals surface area contributed by atoms with Crippen molar-refractivity contribution in [2.24, 2.45) is 0 Å². The molecular formula is C30H40N4O7S. The summed E-state index contributed by atoms with van der Waals surface area (Å²) in [6.07, 6.45) is 3.64. The molecule has 0 spiro atoms. The number of carbonyl (C=O) groups is 5. The number of esters is 1. The molecule has 2 aromatic rings. The van der Waals surface area contributed by atoms with Crippen LogP contribution in [0.1, 0.15) is 36.8 Å². The molecule has 0 saturated heterocycles. The summed E-state index contributed by atoms with van der Waals surface area (Å²) < 4.78 is 10.0. The summed E-state index contributed by atoms with van der Waals surface area (Å²) in [5.74, 6) is -0.727. The number of amides is 4. The van der Waals surface area contributed by atoms with Crippen LogP contribution < -0.4 is 21.3 Å². The maximum Gasteiger partial charge on any atom is 0.408 e. The minimum atomic E-state index is -0.900. The Kier molecular flexibility index (Phi) is 16.2. The number of alkyl carbamates (subject to hydrolysis) is 1. The molecule has 4 N–H and O–H groups in total. The van der Waals surface area contributed by atoms with E-state index in [-0.39, 0.29) is 31.9 Å². The number of unbranched alkanes of at least 4 members (excludes halogenated alkanes) is 1. The van der Waals surface area contributed by atoms with Crippen LogP contribution in [0, 0.1) is 0 Å². The van der Waals surface area contributed by atoms with Crippen LogP contribution in [0.4, 0.5) is 4.79 Å². The zero-order valence-electron chi connectivity index (χ0n) is 24.0. The largest absolute Gasteiger partial charge is 0.467 e. The van der Waals surface area contributed by atoms with Gasteiger partial charge in [0.05, 0.1) is 7.11 Å². The zero-order chi connectivity index (χ0) is 30.6. The molecule has 0 radical (unpaired) electrons. The third-order valence-corrected chi connectivity index (χ3v) is 6.97. The fourth-order valence-electron chi connectivity index (χ4n) is 4.05. The molecular weight excluding hydrogens is 560 g/mol. The number of methoxy groups -OCH3 is 1. The molecule has 0 aliphatic rings. The first kappa shape index (κ1) is 34.1. The number of nitrogens with one attached hydrogen (secondary N) is 4. The summed E-state index contributed by atoms with van der Waals surface area (Å²) in [7, 11) is 1.24. The number of hydrogen-bond donors (Lipinski definition) is 4. The van der Waals surface area contributed by atoms with Gasteiger partial charge in [0.2, 0.25) is 18.2 Å². The van der Waals surface area contributed by atoms with Gasteiger partial charge in [-0.05, 0) is 48.8 Å². The van der Waals surface area contributed by atoms with E-state index >= 15 is 0 Å². The van der Waals surface area contributed by atoms with Gasteiger partial charge in [-0.15, -0.1) is 0 Å². The lowest BCUT2D eigenvalue weighted by Crippen LogP contribution is -2.53. The summed E-state index contributed by atoms with van der Waals surface area (Å²) in [5, 5.41) is 10.7. The highest BCUT2D eigenvalue weighted by Crippen LogP contribution is 2.08. The molecule has 0 aromatic heterocycles. The fraction of sp³-hybridized carbons (Fsp3) is 0.433. The van der Waals surface area contributed by atoms with E-state index in [1.807, 2.05) is 66.9 Å². The van der Waals surface area contributed by atoms with Crippen molar-refractivity contribution < 1.29 is 33.4 Å². The molecule has 0 saturated carbocycles. The molecule has 0 aliphatic heterocycles. The average Bonchev–Trinajstić information content (AvgIpc) is 3.01. The number of rotatable bonds is 19. The zero-order valence-corrected chi connectivity index (χ0v) is 24.8. The molecule has 0 unspecified atom stereocenters. The second-order valence-corrected chi connectivity index (χ2v) is 10.4. The third-order valence-electron chi connectivity index (χ3n) is 6.32. The second-order valence-electron chi connectivity index (χ2n) is 9.44. The highest BCUT2D eigenvalue weighted by atomic mass is 32.2. The van der Waals surface area contributed by atoms with E-state index in [1.54, 1.807) is 11.8 Å². The molecule has 0 heterocycles. The Morgan fingerprint density at radius 2 is 1.50 bits per heavy atom. The Morgan fingerprint density at radius 3 is 2.12 bits per heavy atom. The molecule has 228 valence electrons. The lowest BCUT2D eigenvalue weighted by Gasteiger charge is -2.22. The Hall–Kier alpha value is -4.06. The maximum absolute atomic E-state index is 13.1. The van der Waals surface area contributed by atoms with Crippen LogP contribution in [0.5, 0.6) is 0 Å². The van der Waals surface area contributed by atoms with E-state index in [9.17, 15) is 24.0 Å². The summed E-state index contributed by atoms with van der Waals surface area (Å²) in [5.41, 5.74) is 1.68. The minimum absolute atomic E-state index is 0.0663. The van der Waals surface area contributed by atoms with Gasteiger partial charge in [0.15, 0.2) is 0 Å². The maximum atomic E-state index is 13.1. The Labute approximate surface area is 250 Å². The highest BCUT2D eigenvalue weighted by Gasteiger charge is 2.26. The van der Waals surface area contributed by atoms with Crippen molar-refractivity contribution in [2.75, 3.05) is 25.7 Å². The van der Waals surface area contributed by atoms with Crippen molar-refractivity contribution in [1.82, 2.24) is 21.3 Å². The van der Waals surface area contributed by atoms with Crippen LogP contribution >= 0.6 is 11.8 Å². The van der Waals surface area contributed by atoms with E-state index in [4.69, 9.17) is 9.47 Å². The molecule has 12 heteroatoms. The van der Waals surface area contributed by atoms with Crippen LogP contribution in [0.2, 0.25) is 0 Å². The number of carbonyl (C=O) groups excluding carboxylic acids is 5. The van der Waals surface area contributed by atoms with Crippen LogP contribution in [-0.2, 0) is 41.7 Å². The van der Waals surface area contributed by atoms with E-state index in [1.165, 1.54) is 7.11 Å². The van der Waals surface area contributed by atoms with Gasteiger partial charge in [0.1, 0.15) is 24.7 Å². The molecule has 0 bridgehead atoms. The fourth-order valence-corrected chi connectivity index (χ4v) is 4.52. The number of benzene rings is 2. The number of ether oxygens (including phenoxy) is 2. The summed E-state index contributed by atoms with van der Waals surface area (Å²) in [6.45, 7) is 0.353. The molecule has 42 heavy (non-hydrogen) atoms. The van der Waals surface area contributed by atoms with Crippen LogP contribution in [0.15, 0.2) is 60.7 Å². The first-order valence-corrected chi connectivity index (χ1v) is 15.1. The van der Waals surface area contributed by atoms with Crippen molar-refractivity contribution in [3.63, 3.8) is 0 Å². The molecule has 2 aromatic carbocycles. The van der Waals surface area contributed by atoms with Crippen LogP contribution in [0.3, 0.4) is 0 Å². The van der Waals surface area contributed by atoms with E-state index in [2.05, 4.69) is 21.3 Å². The van der Waals surface area contributed by atoms with E-state index in [0.29, 0.717) is 31.4 Å². The van der Waals surface area contributed by atoms with Gasteiger partial charge in [-0.3, -0.25) is 14.4 Å². The molecule has 4 amide bonds. The molecule has 3 atom stereocenters. The summed E-state index contributed by atoms with van der Waals surface area (Å²) in [4.78, 5) is 61.4. The number of hydrogen-bond acceptors (Lipinski definition) is 8. The first-order chi connectivity index (χ1) is 20.4. The van der Waals surface area contributed by atoms with Crippen molar-refractivity contribution in [1.29, 1.82) is 0 Å². The lowest BCUT2D eigenvalue weighted by atomic mass is 10.0. The van der Waals surface area contributed by atoms with E-state index in [0.717, 1.165) is 11.1 Å². The second kappa shape index (κ2) is 19.9. The third kappa shape index (κ3) is 13.1. The topological polar surface area (TPSA) is 152 Å². The van der Waals surface area contributed by atoms with Crippen LogP contribution in [-0.4, -0.2) is 74.1 Å². The van der Waals surface area contributed by atoms with Crippen LogP contribution in [0.25, 0.3) is 0 Å². The van der Waals surface area contributed by atoms with Crippen molar-refractivity contribution in [3.05, 3.63) is 71.8 Å². The average molecular weight is 601 g/mol. The van der Waals surface area contributed by atoms with Gasteiger partial charge in [0.25, 0.3) is 0 Å². The minimum Gasteiger partial charge on any atom is -0.467 e. The standard InChI is InChI=1S/C30H40N4O7S/c1-40-29(38)25(34-30(39)41-20-23-13-7-4-8-14-23)15-9-10-17-31-27(36)26(19-22-11-5-3-6-12-22)33-28(37)24(32-21-35)16-18-42-2/h3-8,11-14,21,24-26H,9-10,15-20H2,1-2H3,(H,31,36)(H,32,35)(H,33,37)(H,34,39)/t24-,25-,26-/m0/s1. The summed E-state index contributed by atoms with van der Waals surface area (Å²) in [6, 6.07) is 16.0. The predicted molar refractivity (Wildman–Crippen MR) is 160 cm³/mol. The molecule has 11 nitrogen and oxygen atoms in total. The molecule has 0 fully saturated rings. The monoisotopic (exact) mass is 600 g/mol. The smallest absolute Gasteiger partial charge is 0.408 e. The molecule has 0 aliphatic carbocycles. The SMILES string of the molecule is COC(=O)[C@H](CCCCNC(=O)[C@H](Cc1ccccc1)NC(=O)[C@H](CCSC)NC=O)NC(=O)OCc1ccccc1. The quantitative estimate of drug-likeness (QED) is 0.109. The van der Waals surface area contributed by atoms with Gasteiger partial charge in [-0.1, -0.05) is 60.7 Å². The number of thioether (sulfide) groups is 1. The summed E-state index contributed by atoms with van der Waals surface area (Å²) >= 11 is 1.55. The van der Waals surface area contributed by atoms with Gasteiger partial charge in [0, 0.05) is 13.0 Å². The van der Waals surface area contributed by atoms with Crippen molar-refractivity contribution >= 4 is 42.0 Å².